The second-order valence-electron chi connectivity index (χ2n) is 4.66. The standard InChI is InChI=1S/C15H16F2N2OS/c1-3-9(4-2)14(20)19-15-18-13(8-21-15)11-6-5-10(16)7-12(11)17/h5-9H,3-4H2,1-2H3,(H,18,19,20). The molecule has 0 aliphatic rings. The van der Waals surface area contributed by atoms with Gasteiger partial charge in [0.25, 0.3) is 0 Å². The highest BCUT2D eigenvalue weighted by molar-refractivity contribution is 7.14. The Balaban J connectivity index is 2.16. The molecule has 0 unspecified atom stereocenters. The Morgan fingerprint density at radius 1 is 1.33 bits per heavy atom. The van der Waals surface area contributed by atoms with Crippen molar-refractivity contribution in [1.29, 1.82) is 0 Å². The molecule has 0 saturated heterocycles. The van der Waals surface area contributed by atoms with Crippen molar-refractivity contribution in [1.82, 2.24) is 4.98 Å². The average molecular weight is 310 g/mol. The van der Waals surface area contributed by atoms with E-state index in [0.717, 1.165) is 18.9 Å². The van der Waals surface area contributed by atoms with Crippen molar-refractivity contribution in [2.45, 2.75) is 26.7 Å². The summed E-state index contributed by atoms with van der Waals surface area (Å²) in [6.45, 7) is 3.91. The number of aromatic nitrogens is 1. The first-order valence-electron chi connectivity index (χ1n) is 6.77. The Morgan fingerprint density at radius 2 is 2.05 bits per heavy atom. The second-order valence-corrected chi connectivity index (χ2v) is 5.52. The van der Waals surface area contributed by atoms with Gasteiger partial charge in [0.1, 0.15) is 11.6 Å². The van der Waals surface area contributed by atoms with E-state index >= 15 is 0 Å². The Labute approximate surface area is 126 Å². The topological polar surface area (TPSA) is 42.0 Å². The fourth-order valence-electron chi connectivity index (χ4n) is 2.02. The smallest absolute Gasteiger partial charge is 0.229 e. The number of hydrogen-bond donors (Lipinski definition) is 1. The van der Waals surface area contributed by atoms with Gasteiger partial charge in [-0.25, -0.2) is 13.8 Å². The highest BCUT2D eigenvalue weighted by Gasteiger charge is 2.16. The number of hydrogen-bond acceptors (Lipinski definition) is 3. The molecule has 6 heteroatoms. The molecule has 0 aliphatic heterocycles. The minimum absolute atomic E-state index is 0.0556. The van der Waals surface area contributed by atoms with Crippen LogP contribution in [-0.4, -0.2) is 10.9 Å². The minimum Gasteiger partial charge on any atom is -0.302 e. The largest absolute Gasteiger partial charge is 0.302 e. The Kier molecular flexibility index (Phi) is 5.01. The number of halogens is 2. The molecule has 2 rings (SSSR count). The van der Waals surface area contributed by atoms with E-state index in [0.29, 0.717) is 10.8 Å². The third-order valence-electron chi connectivity index (χ3n) is 3.30. The molecule has 0 radical (unpaired) electrons. The lowest BCUT2D eigenvalue weighted by atomic mass is 10.0. The van der Waals surface area contributed by atoms with Gasteiger partial charge >= 0.3 is 0 Å². The summed E-state index contributed by atoms with van der Waals surface area (Å²) in [6, 6.07) is 3.34. The predicted molar refractivity (Wildman–Crippen MR) is 80.2 cm³/mol. The Hall–Kier alpha value is -1.82. The van der Waals surface area contributed by atoms with Crippen molar-refractivity contribution in [2.24, 2.45) is 5.92 Å². The van der Waals surface area contributed by atoms with Gasteiger partial charge in [-0.05, 0) is 25.0 Å². The summed E-state index contributed by atoms with van der Waals surface area (Å²) < 4.78 is 26.6. The fraction of sp³-hybridized carbons (Fsp3) is 0.333. The molecule has 1 aromatic heterocycles. The van der Waals surface area contributed by atoms with Gasteiger partial charge in [0.2, 0.25) is 5.91 Å². The fourth-order valence-corrected chi connectivity index (χ4v) is 2.73. The van der Waals surface area contributed by atoms with Crippen LogP contribution < -0.4 is 5.32 Å². The molecule has 3 nitrogen and oxygen atoms in total. The Bertz CT molecular complexity index is 638. The highest BCUT2D eigenvalue weighted by atomic mass is 32.1. The van der Waals surface area contributed by atoms with Gasteiger partial charge < -0.3 is 5.32 Å². The van der Waals surface area contributed by atoms with Crippen LogP contribution in [0.5, 0.6) is 0 Å². The van der Waals surface area contributed by atoms with Gasteiger partial charge in [0.05, 0.1) is 5.69 Å². The van der Waals surface area contributed by atoms with Crippen LogP contribution in [0.4, 0.5) is 13.9 Å². The van der Waals surface area contributed by atoms with E-state index in [9.17, 15) is 13.6 Å². The van der Waals surface area contributed by atoms with Crippen molar-refractivity contribution in [2.75, 3.05) is 5.32 Å². The molecule has 21 heavy (non-hydrogen) atoms. The molecule has 112 valence electrons. The lowest BCUT2D eigenvalue weighted by molar-refractivity contribution is -0.120. The first kappa shape index (κ1) is 15.6. The molecular weight excluding hydrogens is 294 g/mol. The van der Waals surface area contributed by atoms with Crippen LogP contribution >= 0.6 is 11.3 Å². The van der Waals surface area contributed by atoms with Gasteiger partial charge in [0, 0.05) is 22.9 Å². The average Bonchev–Trinajstić information content (AvgIpc) is 2.88. The van der Waals surface area contributed by atoms with Gasteiger partial charge in [-0.3, -0.25) is 4.79 Å². The maximum Gasteiger partial charge on any atom is 0.229 e. The molecule has 0 spiro atoms. The van der Waals surface area contributed by atoms with Crippen LogP contribution in [0.3, 0.4) is 0 Å². The SMILES string of the molecule is CCC(CC)C(=O)Nc1nc(-c2ccc(F)cc2F)cs1. The summed E-state index contributed by atoms with van der Waals surface area (Å²) in [5.74, 6) is -1.44. The molecule has 0 saturated carbocycles. The summed E-state index contributed by atoms with van der Waals surface area (Å²) >= 11 is 1.22. The maximum atomic E-state index is 13.7. The molecular formula is C15H16F2N2OS. The number of thiazole rings is 1. The van der Waals surface area contributed by atoms with Crippen molar-refractivity contribution in [3.8, 4) is 11.3 Å². The molecule has 0 bridgehead atoms. The predicted octanol–water partition coefficient (Wildman–Crippen LogP) is 4.46. The zero-order chi connectivity index (χ0) is 15.4. The van der Waals surface area contributed by atoms with Crippen molar-refractivity contribution in [3.05, 3.63) is 35.2 Å². The summed E-state index contributed by atoms with van der Waals surface area (Å²) in [4.78, 5) is 16.2. The zero-order valence-corrected chi connectivity index (χ0v) is 12.6. The van der Waals surface area contributed by atoms with E-state index < -0.39 is 11.6 Å². The number of amides is 1. The molecule has 1 amide bonds. The van der Waals surface area contributed by atoms with Crippen LogP contribution in [0.1, 0.15) is 26.7 Å². The zero-order valence-electron chi connectivity index (χ0n) is 11.8. The van der Waals surface area contributed by atoms with Crippen LogP contribution in [0.15, 0.2) is 23.6 Å². The molecule has 0 aliphatic carbocycles. The van der Waals surface area contributed by atoms with E-state index in [1.807, 2.05) is 13.8 Å². The van der Waals surface area contributed by atoms with Crippen LogP contribution in [0.2, 0.25) is 0 Å². The molecule has 0 atom stereocenters. The molecule has 1 heterocycles. The third kappa shape index (κ3) is 3.64. The van der Waals surface area contributed by atoms with E-state index in [1.54, 1.807) is 5.38 Å². The Morgan fingerprint density at radius 3 is 2.67 bits per heavy atom. The lowest BCUT2D eigenvalue weighted by Gasteiger charge is -2.10. The maximum absolute atomic E-state index is 13.7. The van der Waals surface area contributed by atoms with E-state index in [4.69, 9.17) is 0 Å². The van der Waals surface area contributed by atoms with E-state index in [2.05, 4.69) is 10.3 Å². The molecule has 1 N–H and O–H groups in total. The van der Waals surface area contributed by atoms with E-state index in [-0.39, 0.29) is 17.4 Å². The number of nitrogens with zero attached hydrogens (tertiary/aromatic N) is 1. The number of anilines is 1. The first-order chi connectivity index (χ1) is 10.0. The number of carbonyl (C=O) groups is 1. The van der Waals surface area contributed by atoms with Crippen molar-refractivity contribution in [3.63, 3.8) is 0 Å². The minimum atomic E-state index is -0.668. The van der Waals surface area contributed by atoms with Gasteiger partial charge in [-0.1, -0.05) is 13.8 Å². The first-order valence-corrected chi connectivity index (χ1v) is 7.64. The molecule has 2 aromatic rings. The van der Waals surface area contributed by atoms with Crippen LogP contribution in [0.25, 0.3) is 11.3 Å². The highest BCUT2D eigenvalue weighted by Crippen LogP contribution is 2.27. The van der Waals surface area contributed by atoms with Crippen molar-refractivity contribution < 1.29 is 13.6 Å². The van der Waals surface area contributed by atoms with Gasteiger partial charge in [-0.15, -0.1) is 11.3 Å². The lowest BCUT2D eigenvalue weighted by Crippen LogP contribution is -2.21. The summed E-state index contributed by atoms with van der Waals surface area (Å²) in [6.07, 6.45) is 1.51. The second kappa shape index (κ2) is 6.76. The normalized spacial score (nSPS) is 10.9. The summed E-state index contributed by atoms with van der Waals surface area (Å²) in [5, 5.41) is 4.80. The van der Waals surface area contributed by atoms with Crippen LogP contribution in [-0.2, 0) is 4.79 Å². The van der Waals surface area contributed by atoms with Gasteiger partial charge in [0.15, 0.2) is 5.13 Å². The monoisotopic (exact) mass is 310 g/mol. The quantitative estimate of drug-likeness (QED) is 0.885. The number of benzene rings is 1. The number of rotatable bonds is 5. The summed E-state index contributed by atoms with van der Waals surface area (Å²) in [5.41, 5.74) is 0.605. The number of carbonyl (C=O) groups excluding carboxylic acids is 1. The number of nitrogens with one attached hydrogen (secondary N) is 1. The third-order valence-corrected chi connectivity index (χ3v) is 4.06. The van der Waals surface area contributed by atoms with E-state index in [1.165, 1.54) is 23.5 Å². The van der Waals surface area contributed by atoms with Gasteiger partial charge in [-0.2, -0.15) is 0 Å². The molecule has 1 aromatic carbocycles. The molecule has 0 fully saturated rings. The van der Waals surface area contributed by atoms with Crippen molar-refractivity contribution >= 4 is 22.4 Å². The summed E-state index contributed by atoms with van der Waals surface area (Å²) in [7, 11) is 0. The van der Waals surface area contributed by atoms with Crippen LogP contribution in [0, 0.1) is 17.6 Å².